The summed E-state index contributed by atoms with van der Waals surface area (Å²) >= 11 is 0. The molecule has 0 saturated heterocycles. The van der Waals surface area contributed by atoms with Crippen molar-refractivity contribution < 1.29 is 14.2 Å². The minimum atomic E-state index is -0.318. The molecule has 30 heavy (non-hydrogen) atoms. The minimum Gasteiger partial charge on any atom is -0.486 e. The maximum Gasteiger partial charge on any atom is 0.205 e. The van der Waals surface area contributed by atoms with Crippen LogP contribution in [0.15, 0.2) is 41.8 Å². The predicted molar refractivity (Wildman–Crippen MR) is 114 cm³/mol. The molecule has 6 nitrogen and oxygen atoms in total. The van der Waals surface area contributed by atoms with E-state index in [0.717, 1.165) is 29.0 Å². The molecule has 6 heteroatoms. The lowest BCUT2D eigenvalue weighted by molar-refractivity contribution is 0.171. The fraction of sp³-hybridized carbons (Fsp3) is 0.375. The van der Waals surface area contributed by atoms with Crippen molar-refractivity contribution >= 4 is 5.69 Å². The molecule has 0 bridgehead atoms. The van der Waals surface area contributed by atoms with Crippen LogP contribution in [0.4, 0.5) is 5.69 Å². The Bertz CT molecular complexity index is 1110. The molecule has 0 amide bonds. The van der Waals surface area contributed by atoms with Gasteiger partial charge in [0.25, 0.3) is 0 Å². The second-order valence-corrected chi connectivity index (χ2v) is 8.92. The highest BCUT2D eigenvalue weighted by Crippen LogP contribution is 2.49. The Morgan fingerprint density at radius 3 is 2.60 bits per heavy atom. The number of rotatable bonds is 1. The quantitative estimate of drug-likeness (QED) is 0.735. The van der Waals surface area contributed by atoms with Gasteiger partial charge in [-0.3, -0.25) is 0 Å². The highest BCUT2D eigenvalue weighted by molar-refractivity contribution is 5.67. The third-order valence-corrected chi connectivity index (χ3v) is 6.11. The van der Waals surface area contributed by atoms with Gasteiger partial charge in [-0.05, 0) is 55.5 Å². The van der Waals surface area contributed by atoms with E-state index in [1.54, 1.807) is 0 Å². The van der Waals surface area contributed by atoms with Gasteiger partial charge in [0.2, 0.25) is 5.88 Å². The number of anilines is 1. The molecule has 2 atom stereocenters. The van der Waals surface area contributed by atoms with Crippen molar-refractivity contribution in [2.24, 2.45) is 5.73 Å². The van der Waals surface area contributed by atoms with E-state index in [2.05, 4.69) is 38.2 Å². The zero-order valence-corrected chi connectivity index (χ0v) is 17.4. The topological polar surface area (TPSA) is 89.5 Å². The van der Waals surface area contributed by atoms with Crippen LogP contribution in [0.3, 0.4) is 0 Å². The SMILES string of the molecule is CC1CC(C)(C)Nc2cc3c(cc21)C(c1ccc2c(c1)OCCO2)C(C#N)=C(N)O3. The molecule has 0 saturated carbocycles. The first-order valence-corrected chi connectivity index (χ1v) is 10.3. The first-order valence-electron chi connectivity index (χ1n) is 10.3. The molecule has 0 fully saturated rings. The number of benzene rings is 2. The molecular weight excluding hydrogens is 378 g/mol. The molecule has 3 N–H and O–H groups in total. The van der Waals surface area contributed by atoms with Crippen molar-refractivity contribution in [3.63, 3.8) is 0 Å². The third-order valence-electron chi connectivity index (χ3n) is 6.11. The molecule has 0 radical (unpaired) electrons. The van der Waals surface area contributed by atoms with Crippen LogP contribution in [-0.4, -0.2) is 18.8 Å². The van der Waals surface area contributed by atoms with Crippen LogP contribution in [0.2, 0.25) is 0 Å². The molecule has 5 rings (SSSR count). The molecule has 3 heterocycles. The zero-order chi connectivity index (χ0) is 21.0. The van der Waals surface area contributed by atoms with E-state index in [-0.39, 0.29) is 17.3 Å². The summed E-state index contributed by atoms with van der Waals surface area (Å²) in [6.45, 7) is 7.69. The van der Waals surface area contributed by atoms with Gasteiger partial charge in [0, 0.05) is 22.9 Å². The van der Waals surface area contributed by atoms with Gasteiger partial charge in [-0.25, -0.2) is 0 Å². The van der Waals surface area contributed by atoms with Gasteiger partial charge in [0.15, 0.2) is 11.5 Å². The summed E-state index contributed by atoms with van der Waals surface area (Å²) in [5.41, 5.74) is 10.8. The summed E-state index contributed by atoms with van der Waals surface area (Å²) < 4.78 is 17.3. The molecule has 0 aromatic heterocycles. The van der Waals surface area contributed by atoms with Crippen LogP contribution in [0.25, 0.3) is 0 Å². The number of ether oxygens (including phenoxy) is 3. The first-order chi connectivity index (χ1) is 14.4. The van der Waals surface area contributed by atoms with Gasteiger partial charge in [-0.2, -0.15) is 5.26 Å². The Hall–Kier alpha value is -3.33. The number of hydrogen-bond donors (Lipinski definition) is 2. The van der Waals surface area contributed by atoms with Gasteiger partial charge in [-0.15, -0.1) is 0 Å². The number of nitrogens with zero attached hydrogens (tertiary/aromatic N) is 1. The van der Waals surface area contributed by atoms with Crippen molar-refractivity contribution in [2.75, 3.05) is 18.5 Å². The summed E-state index contributed by atoms with van der Waals surface area (Å²) in [6, 6.07) is 12.3. The van der Waals surface area contributed by atoms with E-state index >= 15 is 0 Å². The number of fused-ring (bicyclic) bond motifs is 3. The summed E-state index contributed by atoms with van der Waals surface area (Å²) in [6.07, 6.45) is 1.03. The number of nitrogens with two attached hydrogens (primary N) is 1. The summed E-state index contributed by atoms with van der Waals surface area (Å²) in [5.74, 6) is 2.31. The molecule has 2 aromatic rings. The van der Waals surface area contributed by atoms with Crippen molar-refractivity contribution in [1.29, 1.82) is 5.26 Å². The summed E-state index contributed by atoms with van der Waals surface area (Å²) in [5, 5.41) is 13.5. The first kappa shape index (κ1) is 18.7. The van der Waals surface area contributed by atoms with Gasteiger partial charge in [-0.1, -0.05) is 13.0 Å². The number of nitriles is 1. The van der Waals surface area contributed by atoms with E-state index in [4.69, 9.17) is 19.9 Å². The predicted octanol–water partition coefficient (Wildman–Crippen LogP) is 4.37. The van der Waals surface area contributed by atoms with Gasteiger partial charge >= 0.3 is 0 Å². The number of allylic oxidation sites excluding steroid dienone is 1. The average molecular weight is 403 g/mol. The van der Waals surface area contributed by atoms with Crippen molar-refractivity contribution in [3.05, 3.63) is 58.5 Å². The van der Waals surface area contributed by atoms with Gasteiger partial charge in [0.1, 0.15) is 30.6 Å². The van der Waals surface area contributed by atoms with Crippen LogP contribution in [0.5, 0.6) is 17.2 Å². The Kier molecular flexibility index (Phi) is 4.11. The molecule has 2 aromatic carbocycles. The van der Waals surface area contributed by atoms with E-state index in [0.29, 0.717) is 36.2 Å². The number of hydrogen-bond acceptors (Lipinski definition) is 6. The van der Waals surface area contributed by atoms with Crippen molar-refractivity contribution in [3.8, 4) is 23.3 Å². The fourth-order valence-corrected chi connectivity index (χ4v) is 4.91. The van der Waals surface area contributed by atoms with E-state index in [1.165, 1.54) is 5.56 Å². The highest BCUT2D eigenvalue weighted by Gasteiger charge is 2.36. The van der Waals surface area contributed by atoms with Gasteiger partial charge < -0.3 is 25.3 Å². The summed E-state index contributed by atoms with van der Waals surface area (Å²) in [4.78, 5) is 0. The van der Waals surface area contributed by atoms with Crippen molar-refractivity contribution in [1.82, 2.24) is 0 Å². The summed E-state index contributed by atoms with van der Waals surface area (Å²) in [7, 11) is 0. The van der Waals surface area contributed by atoms with Crippen LogP contribution < -0.4 is 25.3 Å². The smallest absolute Gasteiger partial charge is 0.205 e. The minimum absolute atomic E-state index is 0.00372. The Labute approximate surface area is 176 Å². The third kappa shape index (κ3) is 2.93. The van der Waals surface area contributed by atoms with Gasteiger partial charge in [0.05, 0.1) is 5.92 Å². The number of nitrogens with one attached hydrogen (secondary N) is 1. The lowest BCUT2D eigenvalue weighted by Gasteiger charge is -2.39. The maximum atomic E-state index is 9.88. The lowest BCUT2D eigenvalue weighted by Crippen LogP contribution is -2.36. The van der Waals surface area contributed by atoms with Crippen LogP contribution in [0.1, 0.15) is 55.7 Å². The molecule has 3 aliphatic rings. The van der Waals surface area contributed by atoms with Crippen molar-refractivity contribution in [2.45, 2.75) is 44.6 Å². The lowest BCUT2D eigenvalue weighted by atomic mass is 9.77. The molecule has 3 aliphatic heterocycles. The molecule has 154 valence electrons. The average Bonchev–Trinajstić information content (AvgIpc) is 2.70. The molecule has 0 spiro atoms. The largest absolute Gasteiger partial charge is 0.486 e. The monoisotopic (exact) mass is 403 g/mol. The standard InChI is InChI=1S/C24H25N3O3/c1-13-11-24(2,3)27-18-10-20-16(9-15(13)18)22(17(12-25)23(26)30-20)14-4-5-19-21(8-14)29-7-6-28-19/h4-5,8-10,13,22,27H,6-7,11,26H2,1-3H3. The van der Waals surface area contributed by atoms with Crippen LogP contribution in [-0.2, 0) is 0 Å². The Morgan fingerprint density at radius 1 is 1.07 bits per heavy atom. The maximum absolute atomic E-state index is 9.88. The van der Waals surface area contributed by atoms with E-state index in [1.807, 2.05) is 24.3 Å². The fourth-order valence-electron chi connectivity index (χ4n) is 4.91. The highest BCUT2D eigenvalue weighted by atomic mass is 16.6. The van der Waals surface area contributed by atoms with Crippen LogP contribution >= 0.6 is 0 Å². The molecule has 0 aliphatic carbocycles. The normalized spacial score (nSPS) is 23.4. The van der Waals surface area contributed by atoms with E-state index < -0.39 is 0 Å². The van der Waals surface area contributed by atoms with E-state index in [9.17, 15) is 5.26 Å². The molecule has 2 unspecified atom stereocenters. The zero-order valence-electron chi connectivity index (χ0n) is 17.4. The van der Waals surface area contributed by atoms with Crippen LogP contribution in [0, 0.1) is 11.3 Å². The second-order valence-electron chi connectivity index (χ2n) is 8.92. The molecular formula is C24H25N3O3. The Morgan fingerprint density at radius 2 is 1.83 bits per heavy atom. The second kappa shape index (κ2) is 6.60. The Balaban J connectivity index is 1.67.